The standard InChI is InChI=1S/C10H9N.CH4O/c1-8-6-7-9-4-2-3-5-10(9)11-8;1-2/h2-7H,1H3;2H,1H3. The summed E-state index contributed by atoms with van der Waals surface area (Å²) in [4.78, 5) is 4.38. The van der Waals surface area contributed by atoms with Gasteiger partial charge in [-0.25, -0.2) is 0 Å². The van der Waals surface area contributed by atoms with E-state index in [1.807, 2.05) is 31.2 Å². The lowest BCUT2D eigenvalue weighted by atomic mass is 10.2. The number of pyridine rings is 1. The molecule has 13 heavy (non-hydrogen) atoms. The number of benzene rings is 1. The minimum atomic E-state index is 1.00. The maximum atomic E-state index is 7.00. The number of rotatable bonds is 0. The van der Waals surface area contributed by atoms with Gasteiger partial charge < -0.3 is 5.11 Å². The van der Waals surface area contributed by atoms with Gasteiger partial charge >= 0.3 is 0 Å². The highest BCUT2D eigenvalue weighted by Gasteiger charge is 1.90. The second kappa shape index (κ2) is 4.58. The zero-order chi connectivity index (χ0) is 9.68. The van der Waals surface area contributed by atoms with Crippen molar-refractivity contribution in [2.45, 2.75) is 6.92 Å². The Morgan fingerprint density at radius 3 is 2.46 bits per heavy atom. The van der Waals surface area contributed by atoms with E-state index in [4.69, 9.17) is 5.11 Å². The molecular weight excluding hydrogens is 162 g/mol. The number of hydrogen-bond donors (Lipinski definition) is 1. The monoisotopic (exact) mass is 175 g/mol. The van der Waals surface area contributed by atoms with E-state index in [-0.39, 0.29) is 0 Å². The van der Waals surface area contributed by atoms with Crippen LogP contribution >= 0.6 is 0 Å². The molecule has 1 aromatic carbocycles. The molecule has 0 saturated carbocycles. The molecule has 0 spiro atoms. The van der Waals surface area contributed by atoms with Gasteiger partial charge in [0.15, 0.2) is 0 Å². The summed E-state index contributed by atoms with van der Waals surface area (Å²) in [6.45, 7) is 2.01. The Labute approximate surface area is 77.9 Å². The van der Waals surface area contributed by atoms with E-state index in [2.05, 4.69) is 17.1 Å². The Kier molecular flexibility index (Phi) is 3.41. The molecule has 0 aliphatic heterocycles. The number of aromatic nitrogens is 1. The quantitative estimate of drug-likeness (QED) is 0.665. The molecule has 0 aliphatic carbocycles. The summed E-state index contributed by atoms with van der Waals surface area (Å²) < 4.78 is 0. The highest BCUT2D eigenvalue weighted by molar-refractivity contribution is 5.78. The summed E-state index contributed by atoms with van der Waals surface area (Å²) in [7, 11) is 1.00. The minimum absolute atomic E-state index is 1.00. The van der Waals surface area contributed by atoms with Crippen LogP contribution < -0.4 is 0 Å². The Balaban J connectivity index is 0.000000396. The topological polar surface area (TPSA) is 33.1 Å². The predicted molar refractivity (Wildman–Crippen MR) is 54.6 cm³/mol. The fourth-order valence-electron chi connectivity index (χ4n) is 1.17. The van der Waals surface area contributed by atoms with Gasteiger partial charge in [0.1, 0.15) is 0 Å². The molecule has 1 aromatic heterocycles. The van der Waals surface area contributed by atoms with Crippen molar-refractivity contribution in [3.63, 3.8) is 0 Å². The lowest BCUT2D eigenvalue weighted by molar-refractivity contribution is 0.399. The molecule has 2 heteroatoms. The molecule has 68 valence electrons. The van der Waals surface area contributed by atoms with Crippen molar-refractivity contribution in [3.05, 3.63) is 42.1 Å². The summed E-state index contributed by atoms with van der Waals surface area (Å²) in [6.07, 6.45) is 0. The van der Waals surface area contributed by atoms with E-state index in [0.29, 0.717) is 0 Å². The van der Waals surface area contributed by atoms with Gasteiger partial charge in [-0.3, -0.25) is 4.98 Å². The molecule has 0 atom stereocenters. The first kappa shape index (κ1) is 9.68. The molecular formula is C11H13NO. The van der Waals surface area contributed by atoms with Gasteiger partial charge in [-0.1, -0.05) is 24.3 Å². The third-order valence-corrected chi connectivity index (χ3v) is 1.74. The van der Waals surface area contributed by atoms with Gasteiger partial charge in [-0.15, -0.1) is 0 Å². The zero-order valence-corrected chi connectivity index (χ0v) is 7.86. The van der Waals surface area contributed by atoms with Crippen LogP contribution in [0, 0.1) is 6.92 Å². The molecule has 0 fully saturated rings. The summed E-state index contributed by atoms with van der Waals surface area (Å²) in [5.41, 5.74) is 2.15. The van der Waals surface area contributed by atoms with Gasteiger partial charge in [0.25, 0.3) is 0 Å². The number of para-hydroxylation sites is 1. The SMILES string of the molecule is CO.Cc1ccc2ccccc2n1. The van der Waals surface area contributed by atoms with Gasteiger partial charge in [0.2, 0.25) is 0 Å². The van der Waals surface area contributed by atoms with Crippen molar-refractivity contribution in [1.29, 1.82) is 0 Å². The number of aliphatic hydroxyl groups excluding tert-OH is 1. The van der Waals surface area contributed by atoms with Gasteiger partial charge in [0.05, 0.1) is 5.52 Å². The largest absolute Gasteiger partial charge is 0.400 e. The third-order valence-electron chi connectivity index (χ3n) is 1.74. The van der Waals surface area contributed by atoms with E-state index >= 15 is 0 Å². The van der Waals surface area contributed by atoms with E-state index in [1.54, 1.807) is 0 Å². The van der Waals surface area contributed by atoms with Crippen molar-refractivity contribution in [2.24, 2.45) is 0 Å². The van der Waals surface area contributed by atoms with Crippen LogP contribution in [0.5, 0.6) is 0 Å². The molecule has 0 bridgehead atoms. The highest BCUT2D eigenvalue weighted by Crippen LogP contribution is 2.10. The number of aryl methyl sites for hydroxylation is 1. The normalized spacial score (nSPS) is 9.15. The van der Waals surface area contributed by atoms with E-state index in [9.17, 15) is 0 Å². The maximum Gasteiger partial charge on any atom is 0.0705 e. The van der Waals surface area contributed by atoms with Gasteiger partial charge in [0, 0.05) is 18.2 Å². The minimum Gasteiger partial charge on any atom is -0.400 e. The van der Waals surface area contributed by atoms with Crippen LogP contribution in [0.25, 0.3) is 10.9 Å². The van der Waals surface area contributed by atoms with Crippen LogP contribution in [0.3, 0.4) is 0 Å². The van der Waals surface area contributed by atoms with E-state index in [1.165, 1.54) is 5.39 Å². The second-order valence-corrected chi connectivity index (χ2v) is 2.65. The Bertz CT molecular complexity index is 385. The predicted octanol–water partition coefficient (Wildman–Crippen LogP) is 2.15. The Hall–Kier alpha value is -1.41. The Morgan fingerprint density at radius 1 is 1.00 bits per heavy atom. The summed E-state index contributed by atoms with van der Waals surface area (Å²) >= 11 is 0. The van der Waals surface area contributed by atoms with Gasteiger partial charge in [-0.05, 0) is 19.1 Å². The molecule has 0 unspecified atom stereocenters. The number of hydrogen-bond acceptors (Lipinski definition) is 2. The lowest BCUT2D eigenvalue weighted by Crippen LogP contribution is -1.80. The fraction of sp³-hybridized carbons (Fsp3) is 0.182. The van der Waals surface area contributed by atoms with E-state index < -0.39 is 0 Å². The molecule has 0 aliphatic rings. The lowest BCUT2D eigenvalue weighted by Gasteiger charge is -1.95. The first-order valence-corrected chi connectivity index (χ1v) is 4.13. The van der Waals surface area contributed by atoms with E-state index in [0.717, 1.165) is 18.3 Å². The number of nitrogens with zero attached hydrogens (tertiary/aromatic N) is 1. The molecule has 2 rings (SSSR count). The number of fused-ring (bicyclic) bond motifs is 1. The van der Waals surface area contributed by atoms with Crippen molar-refractivity contribution >= 4 is 10.9 Å². The fourth-order valence-corrected chi connectivity index (χ4v) is 1.17. The van der Waals surface area contributed by atoms with Crippen LogP contribution in [0.15, 0.2) is 36.4 Å². The molecule has 0 amide bonds. The summed E-state index contributed by atoms with van der Waals surface area (Å²) in [5.74, 6) is 0. The second-order valence-electron chi connectivity index (χ2n) is 2.65. The average Bonchev–Trinajstić information content (AvgIpc) is 2.21. The molecule has 0 saturated heterocycles. The first-order chi connectivity index (χ1) is 6.36. The van der Waals surface area contributed by atoms with Crippen molar-refractivity contribution in [2.75, 3.05) is 7.11 Å². The smallest absolute Gasteiger partial charge is 0.0705 e. The van der Waals surface area contributed by atoms with Crippen LogP contribution in [0.2, 0.25) is 0 Å². The van der Waals surface area contributed by atoms with Crippen molar-refractivity contribution in [3.8, 4) is 0 Å². The van der Waals surface area contributed by atoms with Crippen LogP contribution in [0.1, 0.15) is 5.69 Å². The van der Waals surface area contributed by atoms with Crippen molar-refractivity contribution in [1.82, 2.24) is 4.98 Å². The number of aliphatic hydroxyl groups is 1. The summed E-state index contributed by atoms with van der Waals surface area (Å²) in [5, 5.41) is 8.21. The third kappa shape index (κ3) is 2.26. The zero-order valence-electron chi connectivity index (χ0n) is 7.86. The van der Waals surface area contributed by atoms with Crippen LogP contribution in [-0.4, -0.2) is 17.2 Å². The average molecular weight is 175 g/mol. The highest BCUT2D eigenvalue weighted by atomic mass is 16.2. The van der Waals surface area contributed by atoms with Crippen molar-refractivity contribution < 1.29 is 5.11 Å². The molecule has 1 heterocycles. The summed E-state index contributed by atoms with van der Waals surface area (Å²) in [6, 6.07) is 12.3. The van der Waals surface area contributed by atoms with Gasteiger partial charge in [-0.2, -0.15) is 0 Å². The first-order valence-electron chi connectivity index (χ1n) is 4.13. The maximum absolute atomic E-state index is 7.00. The Morgan fingerprint density at radius 2 is 1.69 bits per heavy atom. The molecule has 2 aromatic rings. The molecule has 0 radical (unpaired) electrons. The molecule has 2 nitrogen and oxygen atoms in total. The molecule has 1 N–H and O–H groups in total. The van der Waals surface area contributed by atoms with Crippen LogP contribution in [-0.2, 0) is 0 Å². The van der Waals surface area contributed by atoms with Crippen LogP contribution in [0.4, 0.5) is 0 Å².